The fourth-order valence-electron chi connectivity index (χ4n) is 5.86. The van der Waals surface area contributed by atoms with Crippen molar-refractivity contribution in [3.8, 4) is 0 Å². The average molecular weight is 436 g/mol. The molecule has 2 amide bonds. The summed E-state index contributed by atoms with van der Waals surface area (Å²) in [5, 5.41) is 11.8. The Labute approximate surface area is 189 Å². The monoisotopic (exact) mass is 435 g/mol. The molecule has 3 unspecified atom stereocenters. The molecule has 2 aliphatic heterocycles. The fraction of sp³-hybridized carbons (Fsp3) is 0.600. The predicted octanol–water partition coefficient (Wildman–Crippen LogP) is 3.14. The number of rotatable bonds is 5. The van der Waals surface area contributed by atoms with Gasteiger partial charge in [0.05, 0.1) is 0 Å². The molecule has 1 N–H and O–H groups in total. The molecule has 1 aromatic heterocycles. The first-order chi connectivity index (χ1) is 15.7. The highest BCUT2D eigenvalue weighted by molar-refractivity contribution is 5.98. The molecule has 170 valence electrons. The lowest BCUT2D eigenvalue weighted by atomic mass is 9.84. The zero-order valence-corrected chi connectivity index (χ0v) is 18.7. The van der Waals surface area contributed by atoms with Gasteiger partial charge in [0.15, 0.2) is 0 Å². The predicted molar refractivity (Wildman–Crippen MR) is 121 cm³/mol. The molecule has 0 radical (unpaired) electrons. The van der Waals surface area contributed by atoms with E-state index in [1.807, 2.05) is 35.2 Å². The van der Waals surface area contributed by atoms with E-state index in [0.29, 0.717) is 24.4 Å². The second-order valence-electron chi connectivity index (χ2n) is 9.48. The second-order valence-corrected chi connectivity index (χ2v) is 9.48. The van der Waals surface area contributed by atoms with Crippen LogP contribution in [0.15, 0.2) is 30.3 Å². The van der Waals surface area contributed by atoms with Crippen LogP contribution in [0.1, 0.15) is 73.4 Å². The zero-order valence-electron chi connectivity index (χ0n) is 18.7. The molecular weight excluding hydrogens is 402 g/mol. The molecule has 32 heavy (non-hydrogen) atoms. The molecular formula is C25H33N5O2. The van der Waals surface area contributed by atoms with Gasteiger partial charge in [-0.25, -0.2) is 0 Å². The van der Waals surface area contributed by atoms with Crippen molar-refractivity contribution >= 4 is 11.8 Å². The van der Waals surface area contributed by atoms with E-state index in [0.717, 1.165) is 56.7 Å². The van der Waals surface area contributed by atoms with Crippen LogP contribution in [0.3, 0.4) is 0 Å². The van der Waals surface area contributed by atoms with Crippen molar-refractivity contribution in [1.29, 1.82) is 0 Å². The van der Waals surface area contributed by atoms with Crippen molar-refractivity contribution in [1.82, 2.24) is 25.0 Å². The van der Waals surface area contributed by atoms with Crippen molar-refractivity contribution in [3.63, 3.8) is 0 Å². The fourth-order valence-corrected chi connectivity index (χ4v) is 5.86. The molecule has 3 aliphatic rings. The maximum atomic E-state index is 13.4. The molecule has 1 saturated heterocycles. The number of fused-ring (bicyclic) bond motifs is 2. The van der Waals surface area contributed by atoms with Crippen molar-refractivity contribution < 1.29 is 9.59 Å². The van der Waals surface area contributed by atoms with Crippen LogP contribution < -0.4 is 5.32 Å². The summed E-state index contributed by atoms with van der Waals surface area (Å²) < 4.78 is 2.23. The van der Waals surface area contributed by atoms with Crippen molar-refractivity contribution in [2.75, 3.05) is 6.54 Å². The summed E-state index contributed by atoms with van der Waals surface area (Å²) in [6, 6.07) is 9.19. The first kappa shape index (κ1) is 21.2. The topological polar surface area (TPSA) is 80.1 Å². The summed E-state index contributed by atoms with van der Waals surface area (Å²) in [5.74, 6) is 2.42. The molecule has 2 aromatic rings. The Bertz CT molecular complexity index is 956. The number of hydrogen-bond acceptors (Lipinski definition) is 4. The van der Waals surface area contributed by atoms with Crippen LogP contribution in [-0.4, -0.2) is 50.1 Å². The highest BCUT2D eigenvalue weighted by atomic mass is 16.2. The van der Waals surface area contributed by atoms with Gasteiger partial charge in [-0.2, -0.15) is 0 Å². The Morgan fingerprint density at radius 3 is 2.72 bits per heavy atom. The van der Waals surface area contributed by atoms with Gasteiger partial charge in [-0.15, -0.1) is 10.2 Å². The highest BCUT2D eigenvalue weighted by Gasteiger charge is 2.47. The molecule has 0 bridgehead atoms. The van der Waals surface area contributed by atoms with E-state index in [1.165, 1.54) is 19.3 Å². The lowest BCUT2D eigenvalue weighted by Gasteiger charge is -2.33. The van der Waals surface area contributed by atoms with Crippen LogP contribution in [0.2, 0.25) is 0 Å². The van der Waals surface area contributed by atoms with E-state index < -0.39 is 0 Å². The lowest BCUT2D eigenvalue weighted by molar-refractivity contribution is -0.125. The highest BCUT2D eigenvalue weighted by Crippen LogP contribution is 2.40. The summed E-state index contributed by atoms with van der Waals surface area (Å²) in [4.78, 5) is 28.6. The maximum absolute atomic E-state index is 13.4. The molecule has 7 nitrogen and oxygen atoms in total. The number of amides is 2. The van der Waals surface area contributed by atoms with Crippen LogP contribution in [0.25, 0.3) is 0 Å². The molecule has 5 rings (SSSR count). The molecule has 7 heteroatoms. The van der Waals surface area contributed by atoms with Gasteiger partial charge in [0, 0.05) is 37.5 Å². The van der Waals surface area contributed by atoms with Gasteiger partial charge in [0.2, 0.25) is 5.91 Å². The van der Waals surface area contributed by atoms with E-state index >= 15 is 0 Å². The molecule has 3 atom stereocenters. The van der Waals surface area contributed by atoms with Crippen LogP contribution in [0.4, 0.5) is 0 Å². The van der Waals surface area contributed by atoms with Crippen LogP contribution in [0, 0.1) is 5.92 Å². The largest absolute Gasteiger partial charge is 0.354 e. The molecule has 1 aliphatic carbocycles. The Morgan fingerprint density at radius 2 is 1.84 bits per heavy atom. The number of nitrogens with zero attached hydrogens (tertiary/aromatic N) is 4. The van der Waals surface area contributed by atoms with Gasteiger partial charge in [-0.1, -0.05) is 37.5 Å². The summed E-state index contributed by atoms with van der Waals surface area (Å²) in [6.45, 7) is 1.49. The number of benzene rings is 1. The number of hydrogen-bond donors (Lipinski definition) is 1. The number of nitrogens with one attached hydrogen (secondary N) is 1. The van der Waals surface area contributed by atoms with Crippen molar-refractivity contribution in [2.45, 2.75) is 82.8 Å². The van der Waals surface area contributed by atoms with Gasteiger partial charge < -0.3 is 14.8 Å². The molecule has 0 spiro atoms. The Morgan fingerprint density at radius 1 is 1.00 bits per heavy atom. The third kappa shape index (κ3) is 4.17. The van der Waals surface area contributed by atoms with Gasteiger partial charge in [0.1, 0.15) is 17.7 Å². The number of aryl methyl sites for hydroxylation is 1. The zero-order chi connectivity index (χ0) is 21.9. The lowest BCUT2D eigenvalue weighted by Crippen LogP contribution is -2.49. The van der Waals surface area contributed by atoms with Crippen LogP contribution >= 0.6 is 0 Å². The van der Waals surface area contributed by atoms with Crippen molar-refractivity contribution in [2.24, 2.45) is 5.92 Å². The minimum absolute atomic E-state index is 0.0112. The van der Waals surface area contributed by atoms with Crippen LogP contribution in [0.5, 0.6) is 0 Å². The summed E-state index contributed by atoms with van der Waals surface area (Å²) in [5.41, 5.74) is 0.669. The van der Waals surface area contributed by atoms with E-state index in [-0.39, 0.29) is 23.9 Å². The van der Waals surface area contributed by atoms with Gasteiger partial charge >= 0.3 is 0 Å². The van der Waals surface area contributed by atoms with E-state index in [1.54, 1.807) is 0 Å². The number of carbonyl (C=O) groups excluding carboxylic acids is 2. The van der Waals surface area contributed by atoms with Crippen LogP contribution in [-0.2, 0) is 24.2 Å². The molecule has 3 heterocycles. The third-order valence-corrected chi connectivity index (χ3v) is 7.48. The smallest absolute Gasteiger partial charge is 0.254 e. The van der Waals surface area contributed by atoms with Crippen molar-refractivity contribution in [3.05, 3.63) is 47.5 Å². The summed E-state index contributed by atoms with van der Waals surface area (Å²) in [6.07, 6.45) is 10.4. The molecule has 1 saturated carbocycles. The Kier molecular flexibility index (Phi) is 6.23. The SMILES string of the molecule is O=C(NCCc1nnc2n1CCCCC2)C1CC2CCCCC2N1C(=O)c1ccccc1. The normalized spacial score (nSPS) is 25.0. The first-order valence-electron chi connectivity index (χ1n) is 12.3. The number of aromatic nitrogens is 3. The minimum Gasteiger partial charge on any atom is -0.354 e. The van der Waals surface area contributed by atoms with E-state index in [2.05, 4.69) is 20.1 Å². The molecule has 2 fully saturated rings. The minimum atomic E-state index is -0.383. The Balaban J connectivity index is 1.26. The third-order valence-electron chi connectivity index (χ3n) is 7.48. The Hall–Kier alpha value is -2.70. The van der Waals surface area contributed by atoms with Gasteiger partial charge in [-0.3, -0.25) is 9.59 Å². The maximum Gasteiger partial charge on any atom is 0.254 e. The second kappa shape index (κ2) is 9.43. The summed E-state index contributed by atoms with van der Waals surface area (Å²) in [7, 11) is 0. The number of carbonyl (C=O) groups is 2. The van der Waals surface area contributed by atoms with E-state index in [9.17, 15) is 9.59 Å². The summed E-state index contributed by atoms with van der Waals surface area (Å²) >= 11 is 0. The van der Waals surface area contributed by atoms with Gasteiger partial charge in [0.25, 0.3) is 5.91 Å². The standard InChI is InChI=1S/C25H33N5O2/c31-24(26-15-14-23-28-27-22-13-5-2-8-16-29(22)23)21-17-19-11-6-7-12-20(19)30(21)25(32)18-9-3-1-4-10-18/h1,3-4,9-10,19-21H,2,5-8,11-17H2,(H,26,31). The number of likely N-dealkylation sites (tertiary alicyclic amines) is 1. The average Bonchev–Trinajstić information content (AvgIpc) is 3.32. The molecule has 1 aromatic carbocycles. The van der Waals surface area contributed by atoms with Gasteiger partial charge in [-0.05, 0) is 50.2 Å². The first-order valence-corrected chi connectivity index (χ1v) is 12.3. The quantitative estimate of drug-likeness (QED) is 0.782. The van der Waals surface area contributed by atoms with E-state index in [4.69, 9.17) is 0 Å².